The molecule has 3 heterocycles. The number of carbonyl (C=O) groups excluding carboxylic acids is 1. The van der Waals surface area contributed by atoms with Crippen molar-refractivity contribution in [2.75, 3.05) is 48.8 Å². The fourth-order valence-corrected chi connectivity index (χ4v) is 7.44. The Labute approximate surface area is 212 Å². The molecule has 10 nitrogen and oxygen atoms in total. The first-order valence-corrected chi connectivity index (χ1v) is 15.3. The first-order valence-electron chi connectivity index (χ1n) is 10.6. The highest BCUT2D eigenvalue weighted by Gasteiger charge is 2.20. The zero-order chi connectivity index (χ0) is 24.9. The molecule has 4 rings (SSSR count). The molecular formula is C21H24N4O6S4. The highest BCUT2D eigenvalue weighted by molar-refractivity contribution is 7.95. The molecule has 3 N–H and O–H groups in total. The summed E-state index contributed by atoms with van der Waals surface area (Å²) in [6, 6.07) is 10.2. The lowest BCUT2D eigenvalue weighted by atomic mass is 10.1. The molecule has 1 fully saturated rings. The van der Waals surface area contributed by atoms with E-state index in [4.69, 9.17) is 4.74 Å². The molecule has 1 aliphatic heterocycles. The van der Waals surface area contributed by atoms with Gasteiger partial charge in [-0.05, 0) is 41.1 Å². The number of hydrogen-bond acceptors (Lipinski definition) is 9. The normalized spacial score (nSPS) is 15.0. The van der Waals surface area contributed by atoms with Gasteiger partial charge in [-0.25, -0.2) is 16.8 Å². The van der Waals surface area contributed by atoms with Crippen LogP contribution in [-0.4, -0.2) is 67.0 Å². The number of amides is 1. The molecule has 0 bridgehead atoms. The van der Waals surface area contributed by atoms with Crippen LogP contribution in [0.2, 0.25) is 0 Å². The van der Waals surface area contributed by atoms with Crippen LogP contribution in [0.25, 0.3) is 0 Å². The number of ether oxygens (including phenoxy) is 1. The zero-order valence-corrected chi connectivity index (χ0v) is 21.7. The van der Waals surface area contributed by atoms with Gasteiger partial charge in [0.15, 0.2) is 0 Å². The lowest BCUT2D eigenvalue weighted by Crippen LogP contribution is -2.41. The average Bonchev–Trinajstić information content (AvgIpc) is 3.54. The molecule has 3 aromatic rings. The van der Waals surface area contributed by atoms with Crippen LogP contribution in [0.1, 0.15) is 10.4 Å². The molecule has 35 heavy (non-hydrogen) atoms. The van der Waals surface area contributed by atoms with E-state index in [0.29, 0.717) is 26.3 Å². The third-order valence-corrected chi connectivity index (χ3v) is 10.6. The monoisotopic (exact) mass is 556 g/mol. The van der Waals surface area contributed by atoms with Gasteiger partial charge in [-0.15, -0.1) is 22.7 Å². The van der Waals surface area contributed by atoms with Gasteiger partial charge < -0.3 is 10.1 Å². The lowest BCUT2D eigenvalue weighted by Gasteiger charge is -2.26. The molecule has 188 valence electrons. The second-order valence-corrected chi connectivity index (χ2v) is 13.3. The summed E-state index contributed by atoms with van der Waals surface area (Å²) < 4.78 is 61.3. The van der Waals surface area contributed by atoms with E-state index in [1.807, 2.05) is 0 Å². The van der Waals surface area contributed by atoms with Gasteiger partial charge in [-0.2, -0.15) is 0 Å². The first-order chi connectivity index (χ1) is 16.7. The van der Waals surface area contributed by atoms with E-state index in [1.165, 1.54) is 30.3 Å². The van der Waals surface area contributed by atoms with Crippen molar-refractivity contribution in [1.29, 1.82) is 0 Å². The molecule has 2 aromatic heterocycles. The Bertz CT molecular complexity index is 1270. The van der Waals surface area contributed by atoms with Crippen molar-refractivity contribution >= 4 is 60.0 Å². The number of sulfonamides is 2. The summed E-state index contributed by atoms with van der Waals surface area (Å²) in [5.41, 5.74) is 0.230. The quantitative estimate of drug-likeness (QED) is 0.349. The Kier molecular flexibility index (Phi) is 8.09. The number of morpholine rings is 1. The van der Waals surface area contributed by atoms with E-state index in [-0.39, 0.29) is 25.4 Å². The van der Waals surface area contributed by atoms with E-state index >= 15 is 0 Å². The highest BCUT2D eigenvalue weighted by atomic mass is 32.3. The number of benzene rings is 1. The van der Waals surface area contributed by atoms with Crippen LogP contribution in [0.3, 0.4) is 0 Å². The maximum atomic E-state index is 12.9. The van der Waals surface area contributed by atoms with Crippen molar-refractivity contribution < 1.29 is 26.4 Å². The van der Waals surface area contributed by atoms with Gasteiger partial charge in [0.1, 0.15) is 8.42 Å². The number of nitrogens with zero attached hydrogens (tertiary/aromatic N) is 1. The predicted octanol–water partition coefficient (Wildman–Crippen LogP) is 2.47. The minimum Gasteiger partial charge on any atom is -0.379 e. The average molecular weight is 557 g/mol. The molecule has 1 saturated heterocycles. The van der Waals surface area contributed by atoms with Crippen LogP contribution in [-0.2, 0) is 24.8 Å². The third kappa shape index (κ3) is 6.80. The van der Waals surface area contributed by atoms with Gasteiger partial charge in [0, 0.05) is 31.7 Å². The smallest absolute Gasteiger partial charge is 0.271 e. The largest absolute Gasteiger partial charge is 0.379 e. The second-order valence-electron chi connectivity index (χ2n) is 7.58. The molecule has 14 heteroatoms. The van der Waals surface area contributed by atoms with E-state index in [2.05, 4.69) is 19.7 Å². The van der Waals surface area contributed by atoms with Crippen molar-refractivity contribution in [2.45, 2.75) is 8.42 Å². The summed E-state index contributed by atoms with van der Waals surface area (Å²) in [6.07, 6.45) is 0. The van der Waals surface area contributed by atoms with Crippen molar-refractivity contribution in [2.24, 2.45) is 0 Å². The number of hydrogen-bond donors (Lipinski definition) is 3. The molecule has 0 radical (unpaired) electrons. The summed E-state index contributed by atoms with van der Waals surface area (Å²) in [5, 5.41) is 6.07. The Morgan fingerprint density at radius 3 is 1.91 bits per heavy atom. The highest BCUT2D eigenvalue weighted by Crippen LogP contribution is 2.27. The fourth-order valence-electron chi connectivity index (χ4n) is 3.37. The standard InChI is InChI=1S/C21H24N4O6S4/c26-21(22-5-6-25-7-9-31-10-8-25)16-13-17(23-34(27,28)19-3-1-11-32-19)15-18(14-16)24-35(29,30)20-4-2-12-33-20/h1-4,11-15,23-24H,5-10H2,(H,22,26). The SMILES string of the molecule is O=C(NCCN1CCOCC1)c1cc(NS(=O)(=O)c2cccs2)cc(NS(=O)(=O)c2cccs2)c1. The first kappa shape index (κ1) is 25.6. The van der Waals surface area contributed by atoms with Crippen molar-refractivity contribution in [3.05, 3.63) is 58.8 Å². The topological polar surface area (TPSA) is 134 Å². The molecule has 0 aliphatic carbocycles. The van der Waals surface area contributed by atoms with Crippen LogP contribution in [0.15, 0.2) is 61.6 Å². The Morgan fingerprint density at radius 1 is 0.886 bits per heavy atom. The van der Waals surface area contributed by atoms with Crippen LogP contribution in [0.4, 0.5) is 11.4 Å². The maximum absolute atomic E-state index is 12.9. The molecular weight excluding hydrogens is 533 g/mol. The number of anilines is 2. The third-order valence-electron chi connectivity index (χ3n) is 5.04. The minimum absolute atomic E-state index is 0.0584. The summed E-state index contributed by atoms with van der Waals surface area (Å²) in [7, 11) is -7.81. The van der Waals surface area contributed by atoms with Gasteiger partial charge in [0.25, 0.3) is 26.0 Å². The Hall–Kier alpha value is -2.49. The number of carbonyl (C=O) groups is 1. The van der Waals surface area contributed by atoms with Gasteiger partial charge >= 0.3 is 0 Å². The van der Waals surface area contributed by atoms with Gasteiger partial charge in [0.2, 0.25) is 0 Å². The Morgan fingerprint density at radius 2 is 1.43 bits per heavy atom. The van der Waals surface area contributed by atoms with Crippen LogP contribution < -0.4 is 14.8 Å². The van der Waals surface area contributed by atoms with Crippen LogP contribution in [0, 0.1) is 0 Å². The fraction of sp³-hybridized carbons (Fsp3) is 0.286. The molecule has 1 amide bonds. The van der Waals surface area contributed by atoms with E-state index in [0.717, 1.165) is 35.8 Å². The van der Waals surface area contributed by atoms with Crippen LogP contribution >= 0.6 is 22.7 Å². The van der Waals surface area contributed by atoms with Crippen molar-refractivity contribution in [3.8, 4) is 0 Å². The van der Waals surface area contributed by atoms with E-state index < -0.39 is 26.0 Å². The minimum atomic E-state index is -3.90. The lowest BCUT2D eigenvalue weighted by molar-refractivity contribution is 0.0383. The predicted molar refractivity (Wildman–Crippen MR) is 136 cm³/mol. The van der Waals surface area contributed by atoms with Gasteiger partial charge in [0.05, 0.1) is 24.6 Å². The van der Waals surface area contributed by atoms with Crippen LogP contribution in [0.5, 0.6) is 0 Å². The molecule has 0 unspecified atom stereocenters. The number of thiophene rings is 2. The van der Waals surface area contributed by atoms with Crippen molar-refractivity contribution in [3.63, 3.8) is 0 Å². The second kappa shape index (κ2) is 11.1. The number of rotatable bonds is 10. The summed E-state index contributed by atoms with van der Waals surface area (Å²) in [6.45, 7) is 3.87. The maximum Gasteiger partial charge on any atom is 0.271 e. The van der Waals surface area contributed by atoms with Crippen molar-refractivity contribution in [1.82, 2.24) is 10.2 Å². The summed E-state index contributed by atoms with van der Waals surface area (Å²) >= 11 is 2.09. The summed E-state index contributed by atoms with van der Waals surface area (Å²) in [5.74, 6) is -0.452. The van der Waals surface area contributed by atoms with Gasteiger partial charge in [-0.3, -0.25) is 19.1 Å². The molecule has 0 atom stereocenters. The number of nitrogens with one attached hydrogen (secondary N) is 3. The molecule has 0 spiro atoms. The Balaban J connectivity index is 1.56. The molecule has 1 aromatic carbocycles. The molecule has 1 aliphatic rings. The van der Waals surface area contributed by atoms with E-state index in [1.54, 1.807) is 22.9 Å². The zero-order valence-electron chi connectivity index (χ0n) is 18.5. The molecule has 0 saturated carbocycles. The summed E-state index contributed by atoms with van der Waals surface area (Å²) in [4.78, 5) is 15.0. The van der Waals surface area contributed by atoms with E-state index in [9.17, 15) is 21.6 Å². The van der Waals surface area contributed by atoms with Gasteiger partial charge in [-0.1, -0.05) is 12.1 Å².